The molecule has 0 unspecified atom stereocenters. The summed E-state index contributed by atoms with van der Waals surface area (Å²) in [6, 6.07) is -0.713. The number of rotatable bonds is 8. The van der Waals surface area contributed by atoms with Crippen LogP contribution in [0, 0.1) is 17.8 Å². The van der Waals surface area contributed by atoms with Gasteiger partial charge in [-0.3, -0.25) is 14.4 Å². The van der Waals surface area contributed by atoms with Crippen LogP contribution in [-0.4, -0.2) is 40.8 Å². The Morgan fingerprint density at radius 3 is 1.82 bits per heavy atom. The number of carbonyl (C=O) groups excluding carboxylic acids is 1. The van der Waals surface area contributed by atoms with Crippen LogP contribution in [0.5, 0.6) is 0 Å². The maximum Gasteiger partial charge on any atom is 0.320 e. The smallest absolute Gasteiger partial charge is 0.320 e. The summed E-state index contributed by atoms with van der Waals surface area (Å²) < 4.78 is 4.70. The highest BCUT2D eigenvalue weighted by molar-refractivity contribution is 5.79. The number of carboxylic acids is 2. The SMILES string of the molecule is C=CCOC(=O)C[C@H](C(=O)O)C(C)C.CC(C)[C@H](N)C(=O)O. The summed E-state index contributed by atoms with van der Waals surface area (Å²) in [5.74, 6) is -3.12. The van der Waals surface area contributed by atoms with E-state index in [0.717, 1.165) is 0 Å². The summed E-state index contributed by atoms with van der Waals surface area (Å²) in [4.78, 5) is 31.8. The molecule has 4 N–H and O–H groups in total. The normalized spacial score (nSPS) is 12.9. The summed E-state index contributed by atoms with van der Waals surface area (Å²) in [6.45, 7) is 10.6. The molecule has 22 heavy (non-hydrogen) atoms. The zero-order valence-corrected chi connectivity index (χ0v) is 13.6. The van der Waals surface area contributed by atoms with E-state index in [1.807, 2.05) is 0 Å². The lowest BCUT2D eigenvalue weighted by Gasteiger charge is -2.14. The molecular weight excluding hydrogens is 290 g/mol. The molecule has 0 aliphatic rings. The Bertz CT molecular complexity index is 378. The minimum absolute atomic E-state index is 0.0208. The average Bonchev–Trinajstić information content (AvgIpc) is 2.41. The molecule has 0 saturated carbocycles. The van der Waals surface area contributed by atoms with Crippen LogP contribution >= 0.6 is 0 Å². The van der Waals surface area contributed by atoms with Gasteiger partial charge in [-0.05, 0) is 11.8 Å². The number of carboxylic acid groups (broad SMARTS) is 2. The third kappa shape index (κ3) is 10.8. The van der Waals surface area contributed by atoms with Gasteiger partial charge in [0.05, 0.1) is 12.3 Å². The molecule has 0 amide bonds. The summed E-state index contributed by atoms with van der Waals surface area (Å²) in [7, 11) is 0. The number of esters is 1. The molecule has 0 fully saturated rings. The van der Waals surface area contributed by atoms with Crippen molar-refractivity contribution in [3.05, 3.63) is 12.7 Å². The van der Waals surface area contributed by atoms with E-state index >= 15 is 0 Å². The number of hydrogen-bond acceptors (Lipinski definition) is 5. The zero-order chi connectivity index (χ0) is 17.9. The topological polar surface area (TPSA) is 127 Å². The second-order valence-electron chi connectivity index (χ2n) is 5.47. The Kier molecular flexibility index (Phi) is 11.9. The maximum atomic E-state index is 11.1. The molecule has 0 heterocycles. The standard InChI is InChI=1S/C10H16O4.C5H11NO2/c1-4-5-14-9(11)6-8(7(2)3)10(12)13;1-3(2)4(6)5(7)8/h4,7-8H,1,5-6H2,2-3H3,(H,12,13);3-4H,6H2,1-2H3,(H,7,8)/t8-;4-/m00/s1. The van der Waals surface area contributed by atoms with Crippen LogP contribution in [0.2, 0.25) is 0 Å². The van der Waals surface area contributed by atoms with Gasteiger partial charge in [-0.1, -0.05) is 40.3 Å². The molecule has 7 nitrogen and oxygen atoms in total. The second-order valence-corrected chi connectivity index (χ2v) is 5.47. The van der Waals surface area contributed by atoms with Gasteiger partial charge in [-0.15, -0.1) is 0 Å². The molecule has 0 spiro atoms. The van der Waals surface area contributed by atoms with Crippen LogP contribution in [0.25, 0.3) is 0 Å². The van der Waals surface area contributed by atoms with E-state index in [1.54, 1.807) is 27.7 Å². The fourth-order valence-corrected chi connectivity index (χ4v) is 1.28. The molecule has 0 aliphatic carbocycles. The van der Waals surface area contributed by atoms with Crippen molar-refractivity contribution in [3.8, 4) is 0 Å². The Morgan fingerprint density at radius 1 is 1.09 bits per heavy atom. The molecule has 0 aromatic rings. The van der Waals surface area contributed by atoms with Gasteiger partial charge in [0, 0.05) is 0 Å². The van der Waals surface area contributed by atoms with E-state index in [-0.39, 0.29) is 24.9 Å². The fourth-order valence-electron chi connectivity index (χ4n) is 1.28. The van der Waals surface area contributed by atoms with Gasteiger partial charge in [0.2, 0.25) is 0 Å². The van der Waals surface area contributed by atoms with Gasteiger partial charge in [0.15, 0.2) is 0 Å². The number of ether oxygens (including phenoxy) is 1. The Labute approximate surface area is 131 Å². The number of nitrogens with two attached hydrogens (primary N) is 1. The van der Waals surface area contributed by atoms with Crippen molar-refractivity contribution in [2.45, 2.75) is 40.2 Å². The Morgan fingerprint density at radius 2 is 1.59 bits per heavy atom. The van der Waals surface area contributed by atoms with Crippen molar-refractivity contribution in [1.29, 1.82) is 0 Å². The summed E-state index contributed by atoms with van der Waals surface area (Å²) in [5, 5.41) is 17.0. The third-order valence-electron chi connectivity index (χ3n) is 2.87. The molecule has 0 aromatic heterocycles. The first-order chi connectivity index (χ1) is 10.0. The lowest BCUT2D eigenvalue weighted by molar-refractivity contribution is -0.152. The predicted octanol–water partition coefficient (Wildman–Crippen LogP) is 1.52. The first-order valence-corrected chi connectivity index (χ1v) is 7.02. The van der Waals surface area contributed by atoms with E-state index in [0.29, 0.717) is 0 Å². The molecule has 0 bridgehead atoms. The molecule has 0 radical (unpaired) electrons. The van der Waals surface area contributed by atoms with Crippen LogP contribution < -0.4 is 5.73 Å². The van der Waals surface area contributed by atoms with Crippen molar-refractivity contribution >= 4 is 17.9 Å². The largest absolute Gasteiger partial charge is 0.481 e. The monoisotopic (exact) mass is 317 g/mol. The van der Waals surface area contributed by atoms with Gasteiger partial charge < -0.3 is 20.7 Å². The van der Waals surface area contributed by atoms with Crippen molar-refractivity contribution in [2.24, 2.45) is 23.5 Å². The van der Waals surface area contributed by atoms with Crippen LogP contribution in [0.1, 0.15) is 34.1 Å². The summed E-state index contributed by atoms with van der Waals surface area (Å²) >= 11 is 0. The lowest BCUT2D eigenvalue weighted by atomic mass is 9.93. The van der Waals surface area contributed by atoms with Gasteiger partial charge in [0.25, 0.3) is 0 Å². The van der Waals surface area contributed by atoms with E-state index < -0.39 is 29.9 Å². The third-order valence-corrected chi connectivity index (χ3v) is 2.87. The van der Waals surface area contributed by atoms with Gasteiger partial charge >= 0.3 is 17.9 Å². The lowest BCUT2D eigenvalue weighted by Crippen LogP contribution is -2.34. The van der Waals surface area contributed by atoms with Crippen LogP contribution in [0.3, 0.4) is 0 Å². The van der Waals surface area contributed by atoms with Crippen molar-refractivity contribution < 1.29 is 29.3 Å². The first-order valence-electron chi connectivity index (χ1n) is 7.02. The minimum atomic E-state index is -0.962. The molecule has 0 aliphatic heterocycles. The second kappa shape index (κ2) is 11.7. The average molecular weight is 317 g/mol. The highest BCUT2D eigenvalue weighted by atomic mass is 16.5. The zero-order valence-electron chi connectivity index (χ0n) is 13.6. The Hall–Kier alpha value is -1.89. The van der Waals surface area contributed by atoms with Crippen LogP contribution in [0.4, 0.5) is 0 Å². The fraction of sp³-hybridized carbons (Fsp3) is 0.667. The number of carbonyl (C=O) groups is 3. The minimum Gasteiger partial charge on any atom is -0.481 e. The molecule has 2 atom stereocenters. The number of aliphatic carboxylic acids is 2. The molecule has 0 aromatic carbocycles. The quantitative estimate of drug-likeness (QED) is 0.457. The van der Waals surface area contributed by atoms with Crippen molar-refractivity contribution in [1.82, 2.24) is 0 Å². The van der Waals surface area contributed by atoms with E-state index in [1.165, 1.54) is 6.08 Å². The van der Waals surface area contributed by atoms with Crippen LogP contribution in [0.15, 0.2) is 12.7 Å². The maximum absolute atomic E-state index is 11.1. The van der Waals surface area contributed by atoms with Gasteiger partial charge in [-0.25, -0.2) is 0 Å². The van der Waals surface area contributed by atoms with Gasteiger partial charge in [0.1, 0.15) is 12.6 Å². The molecule has 128 valence electrons. The summed E-state index contributed by atoms with van der Waals surface area (Å²) in [5.41, 5.74) is 5.16. The van der Waals surface area contributed by atoms with Crippen molar-refractivity contribution in [3.63, 3.8) is 0 Å². The van der Waals surface area contributed by atoms with E-state index in [2.05, 4.69) is 6.58 Å². The highest BCUT2D eigenvalue weighted by Crippen LogP contribution is 2.15. The summed E-state index contributed by atoms with van der Waals surface area (Å²) in [6.07, 6.45) is 1.36. The van der Waals surface area contributed by atoms with E-state index in [9.17, 15) is 14.4 Å². The molecule has 0 saturated heterocycles. The molecular formula is C15H27NO6. The van der Waals surface area contributed by atoms with Gasteiger partial charge in [-0.2, -0.15) is 0 Å². The first kappa shape index (κ1) is 22.4. The highest BCUT2D eigenvalue weighted by Gasteiger charge is 2.25. The Balaban J connectivity index is 0. The molecule has 0 rings (SSSR count). The number of hydrogen-bond donors (Lipinski definition) is 3. The predicted molar refractivity (Wildman–Crippen MR) is 82.2 cm³/mol. The molecule has 7 heteroatoms. The van der Waals surface area contributed by atoms with Crippen molar-refractivity contribution in [2.75, 3.05) is 6.61 Å². The van der Waals surface area contributed by atoms with E-state index in [4.69, 9.17) is 20.7 Å². The van der Waals surface area contributed by atoms with Crippen LogP contribution in [-0.2, 0) is 19.1 Å².